The minimum absolute atomic E-state index is 0.154. The number of amides is 1. The lowest BCUT2D eigenvalue weighted by molar-refractivity contribution is -0.192. The van der Waals surface area contributed by atoms with E-state index in [1.54, 1.807) is 43.5 Å². The third-order valence-corrected chi connectivity index (χ3v) is 7.57. The number of nitrogens with one attached hydrogen (secondary N) is 1. The highest BCUT2D eigenvalue weighted by Crippen LogP contribution is 2.33. The molecule has 2 atom stereocenters. The van der Waals surface area contributed by atoms with Crippen molar-refractivity contribution in [2.24, 2.45) is 0 Å². The Balaban J connectivity index is 0.000000606. The van der Waals surface area contributed by atoms with E-state index in [1.807, 2.05) is 0 Å². The Labute approximate surface area is 283 Å². The molecule has 49 heavy (non-hydrogen) atoms. The van der Waals surface area contributed by atoms with Crippen LogP contribution in [0.4, 0.5) is 23.2 Å². The number of aliphatic carboxylic acids is 1. The predicted octanol–water partition coefficient (Wildman–Crippen LogP) is 5.97. The lowest BCUT2D eigenvalue weighted by Crippen LogP contribution is -2.31. The minimum atomic E-state index is -5.08. The van der Waals surface area contributed by atoms with Crippen LogP contribution in [0.5, 0.6) is 0 Å². The fraction of sp³-hybridized carbons (Fsp3) is 0.194. The summed E-state index contributed by atoms with van der Waals surface area (Å²) in [6, 6.07) is 13.5. The average Bonchev–Trinajstić information content (AvgIpc) is 3.49. The van der Waals surface area contributed by atoms with Crippen LogP contribution in [0.15, 0.2) is 78.1 Å². The van der Waals surface area contributed by atoms with E-state index in [9.17, 15) is 27.2 Å². The van der Waals surface area contributed by atoms with Crippen molar-refractivity contribution in [1.29, 1.82) is 0 Å². The van der Waals surface area contributed by atoms with Crippen molar-refractivity contribution in [2.45, 2.75) is 31.7 Å². The molecular weight excluding hydrogens is 697 g/mol. The molecular formula is C31H23Cl2F4N7O5. The fourth-order valence-electron chi connectivity index (χ4n) is 4.82. The smallest absolute Gasteiger partial charge is 0.475 e. The summed E-state index contributed by atoms with van der Waals surface area (Å²) in [5.74, 6) is -3.59. The molecule has 0 spiro atoms. The van der Waals surface area contributed by atoms with Crippen LogP contribution in [0, 0.1) is 5.82 Å². The third-order valence-electron chi connectivity index (χ3n) is 7.16. The summed E-state index contributed by atoms with van der Waals surface area (Å²) in [6.45, 7) is 1.78. The maximum Gasteiger partial charge on any atom is 0.490 e. The number of hydrogen-bond acceptors (Lipinski definition) is 8. The molecule has 3 aromatic heterocycles. The number of alkyl halides is 3. The minimum Gasteiger partial charge on any atom is -0.475 e. The number of hydrogen-bond donors (Lipinski definition) is 2. The van der Waals surface area contributed by atoms with E-state index in [4.69, 9.17) is 37.8 Å². The summed E-state index contributed by atoms with van der Waals surface area (Å²) in [7, 11) is 0. The highest BCUT2D eigenvalue weighted by Gasteiger charge is 2.38. The Morgan fingerprint density at radius 1 is 1.04 bits per heavy atom. The summed E-state index contributed by atoms with van der Waals surface area (Å²) in [4.78, 5) is 44.5. The molecule has 0 saturated heterocycles. The number of anilines is 1. The number of halogens is 6. The Bertz CT molecular complexity index is 2090. The lowest BCUT2D eigenvalue weighted by atomic mass is 10.0. The number of pyridine rings is 1. The first-order chi connectivity index (χ1) is 23.2. The van der Waals surface area contributed by atoms with Gasteiger partial charge in [-0.05, 0) is 67.4 Å². The summed E-state index contributed by atoms with van der Waals surface area (Å²) in [5.41, 5.74) is 3.21. The summed E-state index contributed by atoms with van der Waals surface area (Å²) in [5, 5.41) is 18.4. The Kier molecular flexibility index (Phi) is 10.4. The zero-order valence-electron chi connectivity index (χ0n) is 25.0. The van der Waals surface area contributed by atoms with E-state index in [0.717, 1.165) is 0 Å². The van der Waals surface area contributed by atoms with Crippen LogP contribution in [0.25, 0.3) is 28.1 Å². The number of nitrogens with zero attached hydrogens (tertiary/aromatic N) is 6. The Morgan fingerprint density at radius 2 is 1.80 bits per heavy atom. The number of benzene rings is 2. The van der Waals surface area contributed by atoms with Gasteiger partial charge in [0.05, 0.1) is 35.6 Å². The number of fused-ring (bicyclic) bond motifs is 4. The van der Waals surface area contributed by atoms with Gasteiger partial charge >= 0.3 is 12.1 Å². The highest BCUT2D eigenvalue weighted by atomic mass is 35.5. The standard InChI is InChI=1S/C29H22Cl2FN7O3.C2HF3O2/c1-16-29(41)35-22-4-3-19(32)12-20(22)17-6-8-33-24(10-17)26(7-9-42-16)38-15-34-23(13-28(38)40)21-11-18(30)2-5-25(21)39-14-27(31)36-37-39;3-2(4,5)1(6)7/h2-6,8,10-16,26H,7,9H2,1H3,(H,35,41);(H,6,7)/t16?,26-;/m0./s1. The fourth-order valence-corrected chi connectivity index (χ4v) is 5.12. The van der Waals surface area contributed by atoms with Crippen LogP contribution in [-0.2, 0) is 14.3 Å². The largest absolute Gasteiger partial charge is 0.490 e. The molecule has 2 N–H and O–H groups in total. The number of carboxylic acids is 1. The lowest BCUT2D eigenvalue weighted by Gasteiger charge is -2.23. The van der Waals surface area contributed by atoms with Crippen LogP contribution in [0.3, 0.4) is 0 Å². The van der Waals surface area contributed by atoms with Gasteiger partial charge in [-0.15, -0.1) is 5.10 Å². The van der Waals surface area contributed by atoms with E-state index in [-0.39, 0.29) is 23.2 Å². The zero-order chi connectivity index (χ0) is 35.5. The zero-order valence-corrected chi connectivity index (χ0v) is 26.5. The first-order valence-electron chi connectivity index (χ1n) is 14.2. The molecule has 0 fully saturated rings. The topological polar surface area (TPSA) is 154 Å². The highest BCUT2D eigenvalue weighted by molar-refractivity contribution is 6.31. The van der Waals surface area contributed by atoms with Gasteiger partial charge in [-0.1, -0.05) is 28.4 Å². The Hall–Kier alpha value is -5.19. The molecule has 2 aromatic carbocycles. The van der Waals surface area contributed by atoms with Gasteiger partial charge in [-0.3, -0.25) is 19.1 Å². The molecule has 12 nitrogen and oxygen atoms in total. The average molecular weight is 720 g/mol. The molecule has 1 amide bonds. The summed E-state index contributed by atoms with van der Waals surface area (Å²) in [6.07, 6.45) is -1.02. The van der Waals surface area contributed by atoms with E-state index in [0.29, 0.717) is 50.9 Å². The summed E-state index contributed by atoms with van der Waals surface area (Å²) >= 11 is 12.3. The molecule has 0 aliphatic carbocycles. The van der Waals surface area contributed by atoms with Crippen molar-refractivity contribution >= 4 is 40.8 Å². The molecule has 2 bridgehead atoms. The molecule has 0 saturated carbocycles. The number of carboxylic acid groups (broad SMARTS) is 1. The van der Waals surface area contributed by atoms with Gasteiger partial charge < -0.3 is 15.2 Å². The molecule has 4 heterocycles. The second-order valence-corrected chi connectivity index (χ2v) is 11.3. The van der Waals surface area contributed by atoms with Crippen LogP contribution < -0.4 is 10.9 Å². The van der Waals surface area contributed by atoms with Crippen molar-refractivity contribution in [3.63, 3.8) is 0 Å². The molecule has 1 aliphatic rings. The van der Waals surface area contributed by atoms with Crippen LogP contribution in [0.1, 0.15) is 25.1 Å². The quantitative estimate of drug-likeness (QED) is 0.215. The van der Waals surface area contributed by atoms with Gasteiger partial charge in [-0.2, -0.15) is 13.2 Å². The van der Waals surface area contributed by atoms with Gasteiger partial charge in [-0.25, -0.2) is 18.9 Å². The maximum atomic E-state index is 14.3. The number of ether oxygens (including phenoxy) is 1. The Morgan fingerprint density at radius 3 is 2.47 bits per heavy atom. The van der Waals surface area contributed by atoms with Gasteiger partial charge in [0, 0.05) is 40.7 Å². The van der Waals surface area contributed by atoms with Crippen molar-refractivity contribution in [2.75, 3.05) is 11.9 Å². The van der Waals surface area contributed by atoms with Crippen molar-refractivity contribution in [1.82, 2.24) is 29.5 Å². The predicted molar refractivity (Wildman–Crippen MR) is 169 cm³/mol. The maximum absolute atomic E-state index is 14.3. The van der Waals surface area contributed by atoms with E-state index < -0.39 is 30.1 Å². The first-order valence-corrected chi connectivity index (χ1v) is 14.9. The normalized spacial score (nSPS) is 16.3. The summed E-state index contributed by atoms with van der Waals surface area (Å²) < 4.78 is 54.8. The SMILES string of the molecule is CC1OCC[C@H](n2cnc(-c3cc(Cl)ccc3-n3cc(Cl)nn3)cc2=O)c2cc(ccn2)-c2cc(F)ccc2NC1=O.O=C(O)C(F)(F)F. The van der Waals surface area contributed by atoms with Crippen molar-refractivity contribution in [3.8, 4) is 28.1 Å². The molecule has 1 aliphatic heterocycles. The van der Waals surface area contributed by atoms with Crippen molar-refractivity contribution in [3.05, 3.63) is 105 Å². The van der Waals surface area contributed by atoms with E-state index >= 15 is 0 Å². The second kappa shape index (κ2) is 14.5. The molecule has 5 aromatic rings. The number of aromatic nitrogens is 6. The van der Waals surface area contributed by atoms with Gasteiger partial charge in [0.1, 0.15) is 11.9 Å². The van der Waals surface area contributed by atoms with Crippen molar-refractivity contribution < 1.29 is 37.0 Å². The molecule has 18 heteroatoms. The first kappa shape index (κ1) is 35.1. The van der Waals surface area contributed by atoms with Gasteiger partial charge in [0.25, 0.3) is 11.5 Å². The van der Waals surface area contributed by atoms with Crippen LogP contribution >= 0.6 is 23.2 Å². The number of carbonyl (C=O) groups excluding carboxylic acids is 1. The van der Waals surface area contributed by atoms with Gasteiger partial charge in [0.2, 0.25) is 0 Å². The monoisotopic (exact) mass is 719 g/mol. The molecule has 6 rings (SSSR count). The van der Waals surface area contributed by atoms with Crippen LogP contribution in [-0.4, -0.2) is 65.4 Å². The van der Waals surface area contributed by atoms with E-state index in [1.165, 1.54) is 46.0 Å². The second-order valence-electron chi connectivity index (χ2n) is 10.4. The molecule has 254 valence electrons. The third kappa shape index (κ3) is 8.28. The number of carbonyl (C=O) groups is 2. The molecule has 1 unspecified atom stereocenters. The number of rotatable bonds is 3. The molecule has 0 radical (unpaired) electrons. The van der Waals surface area contributed by atoms with Crippen LogP contribution in [0.2, 0.25) is 10.2 Å². The van der Waals surface area contributed by atoms with Gasteiger partial charge in [0.15, 0.2) is 5.15 Å². The van der Waals surface area contributed by atoms with E-state index in [2.05, 4.69) is 25.6 Å².